The molecule has 0 saturated carbocycles. The first-order chi connectivity index (χ1) is 4.74. The van der Waals surface area contributed by atoms with Gasteiger partial charge in [-0.15, -0.1) is 0 Å². The van der Waals surface area contributed by atoms with Gasteiger partial charge >= 0.3 is 0 Å². The first kappa shape index (κ1) is 7.15. The minimum atomic E-state index is 0.737. The van der Waals surface area contributed by atoms with Gasteiger partial charge in [0.25, 0.3) is 0 Å². The molecule has 0 fully saturated rings. The molecule has 0 aliphatic rings. The van der Waals surface area contributed by atoms with Crippen LogP contribution >= 0.6 is 12.2 Å². The van der Waals surface area contributed by atoms with E-state index >= 15 is 0 Å². The smallest absolute Gasteiger partial charge is 0.0963 e. The summed E-state index contributed by atoms with van der Waals surface area (Å²) in [5, 5.41) is 0. The molecular weight excluding hydrogens is 144 g/mol. The van der Waals surface area contributed by atoms with Crippen LogP contribution in [0.1, 0.15) is 5.69 Å². The number of aromatic nitrogens is 1. The van der Waals surface area contributed by atoms with Crippen LogP contribution in [0.15, 0.2) is 17.3 Å². The molecule has 0 bridgehead atoms. The van der Waals surface area contributed by atoms with Crippen molar-refractivity contribution < 1.29 is 0 Å². The summed E-state index contributed by atoms with van der Waals surface area (Å²) < 4.78 is 0.742. The molecule has 0 amide bonds. The Hall–Kier alpha value is -0.960. The number of nitrogens with one attached hydrogen (secondary N) is 1. The highest BCUT2D eigenvalue weighted by Gasteiger charge is 1.89. The van der Waals surface area contributed by atoms with Gasteiger partial charge in [-0.25, -0.2) is 0 Å². The minimum absolute atomic E-state index is 0.737. The summed E-state index contributed by atoms with van der Waals surface area (Å²) in [5.41, 5.74) is 1.78. The van der Waals surface area contributed by atoms with Crippen LogP contribution < -0.4 is 0 Å². The molecule has 3 heteroatoms. The number of hydrogen-bond donors (Lipinski definition) is 1. The van der Waals surface area contributed by atoms with E-state index in [0.717, 1.165) is 15.9 Å². The van der Waals surface area contributed by atoms with Gasteiger partial charge in [0.1, 0.15) is 0 Å². The number of aliphatic imine (C=N–C) groups is 1. The molecule has 0 radical (unpaired) electrons. The van der Waals surface area contributed by atoms with Crippen molar-refractivity contribution >= 4 is 24.6 Å². The lowest BCUT2D eigenvalue weighted by Crippen LogP contribution is -1.77. The molecule has 0 aliphatic carbocycles. The maximum Gasteiger partial charge on any atom is 0.0963 e. The number of nitrogens with zero attached hydrogens (tertiary/aromatic N) is 1. The van der Waals surface area contributed by atoms with E-state index in [1.165, 1.54) is 0 Å². The van der Waals surface area contributed by atoms with Gasteiger partial charge in [-0.3, -0.25) is 4.99 Å². The van der Waals surface area contributed by atoms with Crippen LogP contribution in [-0.4, -0.2) is 11.7 Å². The highest BCUT2D eigenvalue weighted by atomic mass is 32.1. The lowest BCUT2D eigenvalue weighted by Gasteiger charge is -1.93. The highest BCUT2D eigenvalue weighted by Crippen LogP contribution is 2.11. The summed E-state index contributed by atoms with van der Waals surface area (Å²) in [5.74, 6) is 0. The standard InChI is InChI=1S/C7H8N2S/c1-5-3-7(10)6(8-2)4-9-5/h3-4H,2H2,1H3,(H,9,10). The Bertz CT molecular complexity index is 301. The molecule has 0 aliphatic heterocycles. The van der Waals surface area contributed by atoms with Crippen molar-refractivity contribution in [2.24, 2.45) is 4.99 Å². The predicted molar refractivity (Wildman–Crippen MR) is 45.6 cm³/mol. The molecule has 2 nitrogen and oxygen atoms in total. The Morgan fingerprint density at radius 3 is 2.90 bits per heavy atom. The maximum atomic E-state index is 4.98. The second-order valence-electron chi connectivity index (χ2n) is 2.02. The number of H-pyrrole nitrogens is 1. The van der Waals surface area contributed by atoms with E-state index in [-0.39, 0.29) is 0 Å². The van der Waals surface area contributed by atoms with Crippen molar-refractivity contribution in [2.45, 2.75) is 6.92 Å². The van der Waals surface area contributed by atoms with Crippen LogP contribution in [0.25, 0.3) is 0 Å². The second kappa shape index (κ2) is 2.75. The summed E-state index contributed by atoms with van der Waals surface area (Å²) in [6, 6.07) is 1.86. The molecule has 52 valence electrons. The van der Waals surface area contributed by atoms with E-state index in [1.54, 1.807) is 6.20 Å². The zero-order valence-electron chi connectivity index (χ0n) is 5.72. The lowest BCUT2D eigenvalue weighted by atomic mass is 10.3. The summed E-state index contributed by atoms with van der Waals surface area (Å²) >= 11 is 4.98. The fraction of sp³-hybridized carbons (Fsp3) is 0.143. The molecule has 1 rings (SSSR count). The van der Waals surface area contributed by atoms with Gasteiger partial charge in [0.2, 0.25) is 0 Å². The second-order valence-corrected chi connectivity index (χ2v) is 2.46. The Balaban J connectivity index is 3.33. The van der Waals surface area contributed by atoms with Gasteiger partial charge in [-0.05, 0) is 19.7 Å². The fourth-order valence-electron chi connectivity index (χ4n) is 0.689. The normalized spacial score (nSPS) is 9.30. The van der Waals surface area contributed by atoms with Crippen molar-refractivity contribution in [1.29, 1.82) is 0 Å². The van der Waals surface area contributed by atoms with Gasteiger partial charge < -0.3 is 4.98 Å². The van der Waals surface area contributed by atoms with Gasteiger partial charge in [-0.2, -0.15) is 0 Å². The zero-order chi connectivity index (χ0) is 7.56. The van der Waals surface area contributed by atoms with Crippen molar-refractivity contribution in [3.8, 4) is 0 Å². The Morgan fingerprint density at radius 2 is 2.40 bits per heavy atom. The van der Waals surface area contributed by atoms with E-state index in [4.69, 9.17) is 12.2 Å². The fourth-order valence-corrected chi connectivity index (χ4v) is 0.989. The molecule has 1 aromatic heterocycles. The Kier molecular flexibility index (Phi) is 1.97. The molecular formula is C7H8N2S. The molecule has 10 heavy (non-hydrogen) atoms. The molecule has 0 aromatic carbocycles. The molecule has 0 unspecified atom stereocenters. The van der Waals surface area contributed by atoms with E-state index < -0.39 is 0 Å². The van der Waals surface area contributed by atoms with Gasteiger partial charge in [0.15, 0.2) is 0 Å². The number of aryl methyl sites for hydroxylation is 1. The van der Waals surface area contributed by atoms with Crippen molar-refractivity contribution in [3.63, 3.8) is 0 Å². The highest BCUT2D eigenvalue weighted by molar-refractivity contribution is 7.71. The third kappa shape index (κ3) is 1.30. The summed E-state index contributed by atoms with van der Waals surface area (Å²) in [6.45, 7) is 5.33. The number of rotatable bonds is 1. The SMILES string of the molecule is C=Nc1c[nH]c(C)cc1=S. The van der Waals surface area contributed by atoms with Crippen LogP contribution in [-0.2, 0) is 0 Å². The number of hydrogen-bond acceptors (Lipinski definition) is 2. The molecule has 0 saturated heterocycles. The van der Waals surface area contributed by atoms with Gasteiger partial charge in [0.05, 0.1) is 10.2 Å². The zero-order valence-corrected chi connectivity index (χ0v) is 6.53. The number of pyridine rings is 1. The van der Waals surface area contributed by atoms with E-state index in [9.17, 15) is 0 Å². The number of aromatic amines is 1. The largest absolute Gasteiger partial charge is 0.363 e. The minimum Gasteiger partial charge on any atom is -0.363 e. The topological polar surface area (TPSA) is 28.1 Å². The first-order valence-electron chi connectivity index (χ1n) is 2.90. The molecule has 1 aromatic rings. The third-order valence-corrected chi connectivity index (χ3v) is 1.53. The molecule has 1 N–H and O–H groups in total. The third-order valence-electron chi connectivity index (χ3n) is 1.21. The van der Waals surface area contributed by atoms with Crippen molar-refractivity contribution in [1.82, 2.24) is 4.98 Å². The predicted octanol–water partition coefficient (Wildman–Crippen LogP) is 2.38. The van der Waals surface area contributed by atoms with Gasteiger partial charge in [0, 0.05) is 11.9 Å². The average Bonchev–Trinajstić information content (AvgIpc) is 1.88. The van der Waals surface area contributed by atoms with Crippen molar-refractivity contribution in [2.75, 3.05) is 0 Å². The first-order valence-corrected chi connectivity index (χ1v) is 3.31. The van der Waals surface area contributed by atoms with Crippen LogP contribution in [0.3, 0.4) is 0 Å². The monoisotopic (exact) mass is 152 g/mol. The van der Waals surface area contributed by atoms with E-state index in [0.29, 0.717) is 0 Å². The van der Waals surface area contributed by atoms with Crippen LogP contribution in [0.4, 0.5) is 5.69 Å². The average molecular weight is 152 g/mol. The van der Waals surface area contributed by atoms with Crippen LogP contribution in [0.2, 0.25) is 0 Å². The summed E-state index contributed by atoms with van der Waals surface area (Å²) in [6.07, 6.45) is 1.75. The molecule has 0 spiro atoms. The Labute approximate surface area is 64.6 Å². The summed E-state index contributed by atoms with van der Waals surface area (Å²) in [4.78, 5) is 6.72. The van der Waals surface area contributed by atoms with Gasteiger partial charge in [-0.1, -0.05) is 12.2 Å². The van der Waals surface area contributed by atoms with E-state index in [2.05, 4.69) is 16.7 Å². The van der Waals surface area contributed by atoms with Crippen molar-refractivity contribution in [3.05, 3.63) is 22.5 Å². The lowest BCUT2D eigenvalue weighted by molar-refractivity contribution is 1.19. The van der Waals surface area contributed by atoms with Crippen LogP contribution in [0, 0.1) is 11.4 Å². The van der Waals surface area contributed by atoms with Crippen LogP contribution in [0.5, 0.6) is 0 Å². The Morgan fingerprint density at radius 1 is 1.70 bits per heavy atom. The summed E-state index contributed by atoms with van der Waals surface area (Å²) in [7, 11) is 0. The molecule has 1 heterocycles. The quantitative estimate of drug-likeness (QED) is 0.485. The van der Waals surface area contributed by atoms with E-state index in [1.807, 2.05) is 13.0 Å². The molecule has 0 atom stereocenters. The maximum absolute atomic E-state index is 4.98.